The maximum absolute atomic E-state index is 12.9. The Hall–Kier alpha value is -3.74. The van der Waals surface area contributed by atoms with Crippen molar-refractivity contribution in [3.8, 4) is 11.5 Å². The number of fused-ring (bicyclic) bond motifs is 1. The van der Waals surface area contributed by atoms with Gasteiger partial charge < -0.3 is 24.3 Å². The molecule has 0 saturated heterocycles. The summed E-state index contributed by atoms with van der Waals surface area (Å²) >= 11 is 0. The van der Waals surface area contributed by atoms with Gasteiger partial charge in [0, 0.05) is 11.3 Å². The van der Waals surface area contributed by atoms with E-state index in [0.717, 1.165) is 0 Å². The minimum absolute atomic E-state index is 0.00550. The molecule has 0 saturated carbocycles. The van der Waals surface area contributed by atoms with E-state index in [9.17, 15) is 9.59 Å². The molecule has 0 aromatic heterocycles. The Morgan fingerprint density at radius 3 is 2.69 bits per heavy atom. The first-order chi connectivity index (χ1) is 14.2. The molecule has 0 bridgehead atoms. The summed E-state index contributed by atoms with van der Waals surface area (Å²) in [6.07, 6.45) is 1.54. The summed E-state index contributed by atoms with van der Waals surface area (Å²) in [5.74, 6) is -0.144. The van der Waals surface area contributed by atoms with Crippen LogP contribution in [-0.4, -0.2) is 31.6 Å². The molecule has 29 heavy (non-hydrogen) atoms. The van der Waals surface area contributed by atoms with Gasteiger partial charge in [0.15, 0.2) is 22.8 Å². The van der Waals surface area contributed by atoms with E-state index >= 15 is 0 Å². The highest BCUT2D eigenvalue weighted by atomic mass is 16.6. The van der Waals surface area contributed by atoms with Crippen LogP contribution in [0.3, 0.4) is 0 Å². The van der Waals surface area contributed by atoms with Crippen LogP contribution in [-0.2, 0) is 19.1 Å². The number of hydrogen-bond donors (Lipinski definition) is 1. The maximum atomic E-state index is 12.9. The summed E-state index contributed by atoms with van der Waals surface area (Å²) in [7, 11) is 0. The third-order valence-corrected chi connectivity index (χ3v) is 4.28. The van der Waals surface area contributed by atoms with Crippen LogP contribution >= 0.6 is 0 Å². The predicted octanol–water partition coefficient (Wildman–Crippen LogP) is 3.28. The standard InChI is InChI=1S/C22H19NO6/c1-2-26-22(25)18-19(24)17(29-21(18)23-15-8-4-3-5-9-15)13-14-7-6-10-16-20(14)28-12-11-27-16/h3-10,13,23H,2,11-12H2,1H3. The molecule has 4 rings (SSSR count). The fourth-order valence-electron chi connectivity index (χ4n) is 3.01. The lowest BCUT2D eigenvalue weighted by Gasteiger charge is -2.19. The van der Waals surface area contributed by atoms with Gasteiger partial charge >= 0.3 is 5.97 Å². The quantitative estimate of drug-likeness (QED) is 0.474. The molecule has 1 N–H and O–H groups in total. The van der Waals surface area contributed by atoms with E-state index in [-0.39, 0.29) is 23.8 Å². The van der Waals surface area contributed by atoms with Crippen molar-refractivity contribution in [2.75, 3.05) is 25.1 Å². The fourth-order valence-corrected chi connectivity index (χ4v) is 3.01. The summed E-state index contributed by atoms with van der Waals surface area (Å²) in [5, 5.41) is 2.98. The smallest absolute Gasteiger partial charge is 0.347 e. The highest BCUT2D eigenvalue weighted by molar-refractivity contribution is 6.26. The SMILES string of the molecule is CCOC(=O)C1=C(Nc2ccccc2)OC(=Cc2cccc3c2OCCO3)C1=O. The van der Waals surface area contributed by atoms with E-state index in [0.29, 0.717) is 36.0 Å². The number of Topliss-reactive ketones (excluding diaryl/α,β-unsaturated/α-hetero) is 1. The minimum Gasteiger partial charge on any atom is -0.486 e. The van der Waals surface area contributed by atoms with Crippen molar-refractivity contribution >= 4 is 23.5 Å². The highest BCUT2D eigenvalue weighted by Gasteiger charge is 2.37. The van der Waals surface area contributed by atoms with Crippen molar-refractivity contribution in [3.05, 3.63) is 71.3 Å². The lowest BCUT2D eigenvalue weighted by atomic mass is 10.1. The fraction of sp³-hybridized carbons (Fsp3) is 0.182. The minimum atomic E-state index is -0.742. The molecule has 0 fully saturated rings. The molecule has 2 aliphatic heterocycles. The van der Waals surface area contributed by atoms with Crippen molar-refractivity contribution < 1.29 is 28.5 Å². The van der Waals surface area contributed by atoms with Gasteiger partial charge in [-0.2, -0.15) is 0 Å². The summed E-state index contributed by atoms with van der Waals surface area (Å²) in [4.78, 5) is 25.3. The molecule has 2 heterocycles. The third-order valence-electron chi connectivity index (χ3n) is 4.28. The zero-order valence-corrected chi connectivity index (χ0v) is 15.8. The maximum Gasteiger partial charge on any atom is 0.347 e. The van der Waals surface area contributed by atoms with Gasteiger partial charge in [0.2, 0.25) is 11.7 Å². The van der Waals surface area contributed by atoms with Crippen molar-refractivity contribution in [2.45, 2.75) is 6.92 Å². The van der Waals surface area contributed by atoms with Crippen LogP contribution in [0.25, 0.3) is 6.08 Å². The van der Waals surface area contributed by atoms with Gasteiger partial charge in [-0.25, -0.2) is 4.79 Å². The molecule has 0 spiro atoms. The topological polar surface area (TPSA) is 83.1 Å². The first kappa shape index (κ1) is 18.6. The molecule has 2 aromatic rings. The van der Waals surface area contributed by atoms with Crippen molar-refractivity contribution in [2.24, 2.45) is 0 Å². The number of anilines is 1. The average molecular weight is 393 g/mol. The van der Waals surface area contributed by atoms with E-state index in [1.54, 1.807) is 37.3 Å². The Morgan fingerprint density at radius 2 is 1.90 bits per heavy atom. The zero-order valence-electron chi connectivity index (χ0n) is 15.8. The molecule has 7 heteroatoms. The normalized spacial score (nSPS) is 16.6. The van der Waals surface area contributed by atoms with Crippen LogP contribution in [0.2, 0.25) is 0 Å². The molecule has 148 valence electrons. The van der Waals surface area contributed by atoms with Crippen molar-refractivity contribution in [3.63, 3.8) is 0 Å². The number of para-hydroxylation sites is 2. The Balaban J connectivity index is 1.69. The van der Waals surface area contributed by atoms with E-state index in [4.69, 9.17) is 18.9 Å². The van der Waals surface area contributed by atoms with Crippen LogP contribution < -0.4 is 14.8 Å². The van der Waals surface area contributed by atoms with Gasteiger partial charge in [0.1, 0.15) is 13.2 Å². The van der Waals surface area contributed by atoms with Crippen LogP contribution in [0.1, 0.15) is 12.5 Å². The van der Waals surface area contributed by atoms with E-state index in [2.05, 4.69) is 5.32 Å². The molecule has 0 radical (unpaired) electrons. The Kier molecular flexibility index (Phi) is 5.20. The number of carbonyl (C=O) groups is 2. The average Bonchev–Trinajstić information content (AvgIpc) is 3.04. The van der Waals surface area contributed by atoms with E-state index in [1.807, 2.05) is 18.2 Å². The van der Waals surface area contributed by atoms with Gasteiger partial charge in [0.25, 0.3) is 0 Å². The predicted molar refractivity (Wildman–Crippen MR) is 105 cm³/mol. The molecule has 2 aromatic carbocycles. The van der Waals surface area contributed by atoms with Gasteiger partial charge in [-0.3, -0.25) is 4.79 Å². The van der Waals surface area contributed by atoms with E-state index in [1.165, 1.54) is 6.08 Å². The Morgan fingerprint density at radius 1 is 1.10 bits per heavy atom. The first-order valence-corrected chi connectivity index (χ1v) is 9.23. The molecule has 2 aliphatic rings. The highest BCUT2D eigenvalue weighted by Crippen LogP contribution is 2.36. The van der Waals surface area contributed by atoms with Crippen LogP contribution in [0.5, 0.6) is 11.5 Å². The van der Waals surface area contributed by atoms with Gasteiger partial charge in [-0.15, -0.1) is 0 Å². The molecule has 0 unspecified atom stereocenters. The number of benzene rings is 2. The summed E-state index contributed by atoms with van der Waals surface area (Å²) in [6, 6.07) is 14.5. The second-order valence-corrected chi connectivity index (χ2v) is 6.23. The number of carbonyl (C=O) groups excluding carboxylic acids is 2. The Labute approximate surface area is 167 Å². The zero-order chi connectivity index (χ0) is 20.2. The lowest BCUT2D eigenvalue weighted by Crippen LogP contribution is -2.16. The van der Waals surface area contributed by atoms with Crippen molar-refractivity contribution in [1.29, 1.82) is 0 Å². The second-order valence-electron chi connectivity index (χ2n) is 6.23. The number of hydrogen-bond acceptors (Lipinski definition) is 7. The number of ketones is 1. The van der Waals surface area contributed by atoms with Crippen LogP contribution in [0, 0.1) is 0 Å². The van der Waals surface area contributed by atoms with Gasteiger partial charge in [0.05, 0.1) is 6.61 Å². The number of allylic oxidation sites excluding steroid dienone is 1. The van der Waals surface area contributed by atoms with Crippen molar-refractivity contribution in [1.82, 2.24) is 0 Å². The molecule has 0 aliphatic carbocycles. The first-order valence-electron chi connectivity index (χ1n) is 9.23. The summed E-state index contributed by atoms with van der Waals surface area (Å²) < 4.78 is 22.0. The monoisotopic (exact) mass is 393 g/mol. The lowest BCUT2D eigenvalue weighted by molar-refractivity contribution is -0.139. The largest absolute Gasteiger partial charge is 0.486 e. The number of esters is 1. The summed E-state index contributed by atoms with van der Waals surface area (Å²) in [5.41, 5.74) is 1.12. The van der Waals surface area contributed by atoms with Gasteiger partial charge in [-0.1, -0.05) is 30.3 Å². The third kappa shape index (κ3) is 3.80. The van der Waals surface area contributed by atoms with Crippen LogP contribution in [0.4, 0.5) is 5.69 Å². The molecular formula is C22H19NO6. The summed E-state index contributed by atoms with van der Waals surface area (Å²) in [6.45, 7) is 2.69. The number of rotatable bonds is 5. The molecule has 0 atom stereocenters. The number of ether oxygens (including phenoxy) is 4. The molecule has 7 nitrogen and oxygen atoms in total. The second kappa shape index (κ2) is 8.10. The Bertz CT molecular complexity index is 1010. The molecule has 0 amide bonds. The van der Waals surface area contributed by atoms with E-state index < -0.39 is 11.8 Å². The molecular weight excluding hydrogens is 374 g/mol. The number of nitrogens with one attached hydrogen (secondary N) is 1. The van der Waals surface area contributed by atoms with Crippen LogP contribution in [0.15, 0.2) is 65.7 Å². The van der Waals surface area contributed by atoms with Gasteiger partial charge in [-0.05, 0) is 31.2 Å².